The van der Waals surface area contributed by atoms with Gasteiger partial charge in [-0.2, -0.15) is 0 Å². The third-order valence-corrected chi connectivity index (χ3v) is 2.66. The van der Waals surface area contributed by atoms with Gasteiger partial charge in [0.15, 0.2) is 0 Å². The zero-order valence-corrected chi connectivity index (χ0v) is 9.64. The van der Waals surface area contributed by atoms with E-state index in [9.17, 15) is 4.79 Å². The maximum absolute atomic E-state index is 11.6. The summed E-state index contributed by atoms with van der Waals surface area (Å²) >= 11 is 0. The Balaban J connectivity index is 2.17. The normalized spacial score (nSPS) is 16.9. The van der Waals surface area contributed by atoms with E-state index >= 15 is 0 Å². The van der Waals surface area contributed by atoms with Gasteiger partial charge >= 0.3 is 0 Å². The molecule has 4 heteroatoms. The Morgan fingerprint density at radius 2 is 2.25 bits per heavy atom. The van der Waals surface area contributed by atoms with Gasteiger partial charge in [-0.25, -0.2) is 0 Å². The molecular weight excluding hydrogens is 204 g/mol. The number of rotatable bonds is 2. The zero-order valence-electron chi connectivity index (χ0n) is 9.64. The molecule has 0 spiro atoms. The molecule has 0 saturated carbocycles. The lowest BCUT2D eigenvalue weighted by atomic mass is 10.1. The summed E-state index contributed by atoms with van der Waals surface area (Å²) in [6.45, 7) is 5.58. The van der Waals surface area contributed by atoms with Crippen molar-refractivity contribution in [1.29, 1.82) is 0 Å². The van der Waals surface area contributed by atoms with Crippen molar-refractivity contribution in [2.75, 3.05) is 24.7 Å². The average Bonchev–Trinajstić information content (AvgIpc) is 2.30. The highest BCUT2D eigenvalue weighted by atomic mass is 16.5. The molecule has 16 heavy (non-hydrogen) atoms. The number of anilines is 1. The third kappa shape index (κ3) is 2.22. The molecule has 1 aromatic heterocycles. The summed E-state index contributed by atoms with van der Waals surface area (Å²) in [5, 5.41) is 0. The van der Waals surface area contributed by atoms with Crippen LogP contribution in [0.3, 0.4) is 0 Å². The molecule has 0 radical (unpaired) electrons. The van der Waals surface area contributed by atoms with Crippen LogP contribution in [0.25, 0.3) is 0 Å². The van der Waals surface area contributed by atoms with Gasteiger partial charge in [0.05, 0.1) is 18.5 Å². The lowest BCUT2D eigenvalue weighted by Crippen LogP contribution is -2.41. The van der Waals surface area contributed by atoms with Gasteiger partial charge in [-0.15, -0.1) is 0 Å². The molecule has 0 aromatic carbocycles. The summed E-state index contributed by atoms with van der Waals surface area (Å²) in [7, 11) is 0. The van der Waals surface area contributed by atoms with Gasteiger partial charge in [0, 0.05) is 12.2 Å². The number of hydrogen-bond acceptors (Lipinski definition) is 3. The Hall–Kier alpha value is -1.42. The van der Waals surface area contributed by atoms with E-state index in [1.54, 1.807) is 11.1 Å². The highest BCUT2D eigenvalue weighted by Gasteiger charge is 2.20. The van der Waals surface area contributed by atoms with Crippen LogP contribution in [0.1, 0.15) is 25.5 Å². The standard InChI is InChI=1S/C12H16N2O2/c1-9(2)11-4-3-10(7-13-11)14-5-6-16-8-12(14)15/h3-4,7,9H,5-6,8H2,1-2H3. The number of hydrogen-bond donors (Lipinski definition) is 0. The molecule has 0 N–H and O–H groups in total. The Bertz CT molecular complexity index is 373. The van der Waals surface area contributed by atoms with Crippen LogP contribution < -0.4 is 4.90 Å². The van der Waals surface area contributed by atoms with Gasteiger partial charge in [-0.1, -0.05) is 13.8 Å². The Morgan fingerprint density at radius 1 is 1.44 bits per heavy atom. The number of carbonyl (C=O) groups excluding carboxylic acids is 1. The highest BCUT2D eigenvalue weighted by molar-refractivity contribution is 5.94. The van der Waals surface area contributed by atoms with Crippen molar-refractivity contribution in [2.45, 2.75) is 19.8 Å². The smallest absolute Gasteiger partial charge is 0.253 e. The highest BCUT2D eigenvalue weighted by Crippen LogP contribution is 2.18. The first kappa shape index (κ1) is 11.1. The van der Waals surface area contributed by atoms with Crippen molar-refractivity contribution in [3.8, 4) is 0 Å². The lowest BCUT2D eigenvalue weighted by molar-refractivity contribution is -0.125. The fourth-order valence-corrected chi connectivity index (χ4v) is 1.69. The summed E-state index contributed by atoms with van der Waals surface area (Å²) in [5.74, 6) is 0.416. The molecule has 1 aliphatic rings. The number of morpholine rings is 1. The molecule has 1 amide bonds. The van der Waals surface area contributed by atoms with E-state index in [1.807, 2.05) is 12.1 Å². The van der Waals surface area contributed by atoms with Crippen molar-refractivity contribution < 1.29 is 9.53 Å². The summed E-state index contributed by atoms with van der Waals surface area (Å²) in [6.07, 6.45) is 1.76. The number of ether oxygens (including phenoxy) is 1. The fourth-order valence-electron chi connectivity index (χ4n) is 1.69. The lowest BCUT2D eigenvalue weighted by Gasteiger charge is -2.26. The van der Waals surface area contributed by atoms with Crippen molar-refractivity contribution in [3.05, 3.63) is 24.0 Å². The van der Waals surface area contributed by atoms with Crippen molar-refractivity contribution in [3.63, 3.8) is 0 Å². The molecule has 0 aliphatic carbocycles. The van der Waals surface area contributed by atoms with E-state index in [-0.39, 0.29) is 12.5 Å². The predicted molar refractivity (Wildman–Crippen MR) is 61.5 cm³/mol. The SMILES string of the molecule is CC(C)c1ccc(N2CCOCC2=O)cn1. The molecule has 2 rings (SSSR count). The average molecular weight is 220 g/mol. The van der Waals surface area contributed by atoms with Crippen LogP contribution in [0.5, 0.6) is 0 Å². The monoisotopic (exact) mass is 220 g/mol. The van der Waals surface area contributed by atoms with E-state index in [2.05, 4.69) is 18.8 Å². The fraction of sp³-hybridized carbons (Fsp3) is 0.500. The van der Waals surface area contributed by atoms with Gasteiger partial charge < -0.3 is 9.64 Å². The minimum Gasteiger partial charge on any atom is -0.370 e. The number of carbonyl (C=O) groups is 1. The van der Waals surface area contributed by atoms with Crippen LogP contribution in [0.15, 0.2) is 18.3 Å². The van der Waals surface area contributed by atoms with Crippen LogP contribution in [0.4, 0.5) is 5.69 Å². The van der Waals surface area contributed by atoms with E-state index in [0.29, 0.717) is 19.1 Å². The maximum Gasteiger partial charge on any atom is 0.253 e. The van der Waals surface area contributed by atoms with Crippen LogP contribution >= 0.6 is 0 Å². The van der Waals surface area contributed by atoms with Crippen LogP contribution in [0.2, 0.25) is 0 Å². The van der Waals surface area contributed by atoms with Crippen molar-refractivity contribution in [2.24, 2.45) is 0 Å². The number of pyridine rings is 1. The molecule has 1 saturated heterocycles. The van der Waals surface area contributed by atoms with E-state index in [0.717, 1.165) is 11.4 Å². The first-order valence-electron chi connectivity index (χ1n) is 5.52. The third-order valence-electron chi connectivity index (χ3n) is 2.66. The van der Waals surface area contributed by atoms with Crippen LogP contribution in [-0.2, 0) is 9.53 Å². The number of amides is 1. The summed E-state index contributed by atoms with van der Waals surface area (Å²) in [4.78, 5) is 17.7. The zero-order chi connectivity index (χ0) is 11.5. The second kappa shape index (κ2) is 4.61. The van der Waals surface area contributed by atoms with Crippen LogP contribution in [0, 0.1) is 0 Å². The second-order valence-electron chi connectivity index (χ2n) is 4.19. The summed E-state index contributed by atoms with van der Waals surface area (Å²) < 4.78 is 5.08. The molecule has 1 fully saturated rings. The first-order chi connectivity index (χ1) is 7.68. The van der Waals surface area contributed by atoms with E-state index in [1.165, 1.54) is 0 Å². The topological polar surface area (TPSA) is 42.4 Å². The van der Waals surface area contributed by atoms with Gasteiger partial charge in [-0.05, 0) is 18.1 Å². The van der Waals surface area contributed by atoms with Gasteiger partial charge in [-0.3, -0.25) is 9.78 Å². The number of nitrogens with zero attached hydrogens (tertiary/aromatic N) is 2. The van der Waals surface area contributed by atoms with Gasteiger partial charge in [0.25, 0.3) is 5.91 Å². The molecule has 1 aliphatic heterocycles. The molecule has 1 aromatic rings. The van der Waals surface area contributed by atoms with Gasteiger partial charge in [0.1, 0.15) is 6.61 Å². The molecule has 2 heterocycles. The Morgan fingerprint density at radius 3 is 2.81 bits per heavy atom. The van der Waals surface area contributed by atoms with Crippen molar-refractivity contribution in [1.82, 2.24) is 4.98 Å². The number of aromatic nitrogens is 1. The minimum absolute atomic E-state index is 0.00495. The maximum atomic E-state index is 11.6. The summed E-state index contributed by atoms with van der Waals surface area (Å²) in [6, 6.07) is 3.92. The van der Waals surface area contributed by atoms with Crippen LogP contribution in [-0.4, -0.2) is 30.6 Å². The van der Waals surface area contributed by atoms with Crippen molar-refractivity contribution >= 4 is 11.6 Å². The Kier molecular flexibility index (Phi) is 3.19. The summed E-state index contributed by atoms with van der Waals surface area (Å²) in [5.41, 5.74) is 1.90. The molecule has 0 unspecified atom stereocenters. The first-order valence-corrected chi connectivity index (χ1v) is 5.52. The molecular formula is C12H16N2O2. The van der Waals surface area contributed by atoms with E-state index < -0.39 is 0 Å². The Labute approximate surface area is 95.2 Å². The molecule has 4 nitrogen and oxygen atoms in total. The predicted octanol–water partition coefficient (Wildman–Crippen LogP) is 1.57. The minimum atomic E-state index is 0.00495. The second-order valence-corrected chi connectivity index (χ2v) is 4.19. The largest absolute Gasteiger partial charge is 0.370 e. The van der Waals surface area contributed by atoms with Gasteiger partial charge in [0.2, 0.25) is 0 Å². The molecule has 86 valence electrons. The molecule has 0 atom stereocenters. The van der Waals surface area contributed by atoms with E-state index in [4.69, 9.17) is 4.74 Å². The molecule has 0 bridgehead atoms. The quantitative estimate of drug-likeness (QED) is 0.759.